The Balaban J connectivity index is 0.00000267. The van der Waals surface area contributed by atoms with Crippen molar-refractivity contribution in [2.45, 2.75) is 46.8 Å². The number of carbonyl (C=O) groups is 2. The van der Waals surface area contributed by atoms with Crippen LogP contribution in [0.4, 0.5) is 0 Å². The lowest BCUT2D eigenvalue weighted by molar-refractivity contribution is -0.191. The van der Waals surface area contributed by atoms with Gasteiger partial charge in [0.15, 0.2) is 6.73 Å². The molecule has 0 unspecified atom stereocenters. The number of hydrogen-bond acceptors (Lipinski definition) is 11. The molecule has 0 aliphatic rings. The van der Waals surface area contributed by atoms with Gasteiger partial charge in [-0.2, -0.15) is 9.59 Å². The van der Waals surface area contributed by atoms with Crippen LogP contribution >= 0.6 is 0 Å². The van der Waals surface area contributed by atoms with Gasteiger partial charge in [-0.3, -0.25) is 9.59 Å². The molecule has 0 bridgehead atoms. The average Bonchev–Trinajstić information content (AvgIpc) is 3.40. The lowest BCUT2D eigenvalue weighted by atomic mass is 9.93. The fraction of sp³-hybridized carbons (Fsp3) is 0.583. The van der Waals surface area contributed by atoms with Crippen molar-refractivity contribution in [2.75, 3.05) is 85.8 Å². The van der Waals surface area contributed by atoms with Crippen LogP contribution < -0.4 is 5.32 Å². The molecule has 0 radical (unpaired) electrons. The first-order valence-corrected chi connectivity index (χ1v) is 16.6. The summed E-state index contributed by atoms with van der Waals surface area (Å²) in [5.74, 6) is -0.644. The van der Waals surface area contributed by atoms with E-state index in [0.29, 0.717) is 84.6 Å². The largest absolute Gasteiger partial charge is 0.444 e. The SMILES string of the molecule is CC(C)(C)CCOCCOCCOCCOCCOCCOCCNC(=O)CCC(=O)OCn1c2ccccc2c2ccccc21.O=C=O. The minimum absolute atomic E-state index is 0.00821. The van der Waals surface area contributed by atoms with Gasteiger partial charge in [-0.15, -0.1) is 0 Å². The van der Waals surface area contributed by atoms with E-state index >= 15 is 0 Å². The average molecular weight is 689 g/mol. The van der Waals surface area contributed by atoms with E-state index in [1.807, 2.05) is 41.0 Å². The van der Waals surface area contributed by atoms with E-state index in [9.17, 15) is 9.59 Å². The summed E-state index contributed by atoms with van der Waals surface area (Å²) < 4.78 is 40.4. The molecule has 3 aromatic rings. The highest BCUT2D eigenvalue weighted by atomic mass is 16.6. The van der Waals surface area contributed by atoms with Crippen LogP contribution in [0.25, 0.3) is 21.8 Å². The van der Waals surface area contributed by atoms with Gasteiger partial charge in [-0.05, 0) is 24.0 Å². The van der Waals surface area contributed by atoms with Crippen molar-refractivity contribution >= 4 is 39.8 Å². The molecule has 1 amide bonds. The summed E-state index contributed by atoms with van der Waals surface area (Å²) in [6.45, 7) is 13.2. The number of para-hydroxylation sites is 2. The Hall–Kier alpha value is -3.68. The van der Waals surface area contributed by atoms with Crippen molar-refractivity contribution < 1.29 is 52.3 Å². The van der Waals surface area contributed by atoms with Gasteiger partial charge in [0.25, 0.3) is 0 Å². The molecule has 0 aliphatic heterocycles. The van der Waals surface area contributed by atoms with Gasteiger partial charge in [0.05, 0.1) is 90.1 Å². The van der Waals surface area contributed by atoms with E-state index in [1.54, 1.807) is 0 Å². The number of esters is 1. The molecule has 0 saturated carbocycles. The van der Waals surface area contributed by atoms with Crippen LogP contribution in [0.15, 0.2) is 48.5 Å². The third-order valence-corrected chi connectivity index (χ3v) is 7.02. The number of benzene rings is 2. The van der Waals surface area contributed by atoms with Crippen LogP contribution in [0.1, 0.15) is 40.0 Å². The fourth-order valence-electron chi connectivity index (χ4n) is 4.50. The molecule has 49 heavy (non-hydrogen) atoms. The summed E-state index contributed by atoms with van der Waals surface area (Å²) in [4.78, 5) is 40.7. The van der Waals surface area contributed by atoms with Crippen molar-refractivity contribution in [3.63, 3.8) is 0 Å². The second-order valence-electron chi connectivity index (χ2n) is 12.0. The van der Waals surface area contributed by atoms with Gasteiger partial charge in [-0.1, -0.05) is 57.2 Å². The molecule has 0 atom stereocenters. The summed E-state index contributed by atoms with van der Waals surface area (Å²) in [6.07, 6.45) is 1.35. The number of nitrogens with zero attached hydrogens (tertiary/aromatic N) is 1. The number of aromatic nitrogens is 1. The molecule has 1 N–H and O–H groups in total. The van der Waals surface area contributed by atoms with E-state index in [0.717, 1.165) is 34.8 Å². The first-order chi connectivity index (χ1) is 23.8. The van der Waals surface area contributed by atoms with Crippen molar-refractivity contribution in [3.05, 3.63) is 48.5 Å². The topological polar surface area (TPSA) is 150 Å². The zero-order chi connectivity index (χ0) is 35.6. The van der Waals surface area contributed by atoms with Gasteiger partial charge >= 0.3 is 12.1 Å². The molecule has 0 spiro atoms. The highest BCUT2D eigenvalue weighted by Gasteiger charge is 2.13. The zero-order valence-corrected chi connectivity index (χ0v) is 29.1. The Labute approximate surface area is 288 Å². The molecule has 3 rings (SSSR count). The van der Waals surface area contributed by atoms with Crippen molar-refractivity contribution in [1.29, 1.82) is 0 Å². The van der Waals surface area contributed by atoms with E-state index < -0.39 is 5.97 Å². The number of amides is 1. The summed E-state index contributed by atoms with van der Waals surface area (Å²) in [5.41, 5.74) is 2.28. The number of rotatable bonds is 25. The summed E-state index contributed by atoms with van der Waals surface area (Å²) in [6, 6.07) is 16.0. The normalized spacial score (nSPS) is 11.2. The highest BCUT2D eigenvalue weighted by molar-refractivity contribution is 6.07. The first-order valence-electron chi connectivity index (χ1n) is 16.6. The molecule has 0 aliphatic carbocycles. The number of ether oxygens (including phenoxy) is 7. The van der Waals surface area contributed by atoms with E-state index in [2.05, 4.69) is 38.2 Å². The van der Waals surface area contributed by atoms with Crippen LogP contribution in [-0.4, -0.2) is 108 Å². The Bertz CT molecular complexity index is 1330. The maximum atomic E-state index is 12.3. The van der Waals surface area contributed by atoms with Crippen LogP contribution in [0.5, 0.6) is 0 Å². The molecule has 1 heterocycles. The number of carbonyl (C=O) groups excluding carboxylic acids is 4. The van der Waals surface area contributed by atoms with Crippen molar-refractivity contribution in [2.24, 2.45) is 5.41 Å². The quantitative estimate of drug-likeness (QED) is 0.101. The minimum Gasteiger partial charge on any atom is -0.444 e. The fourth-order valence-corrected chi connectivity index (χ4v) is 4.50. The molecule has 1 aromatic heterocycles. The molecule has 0 saturated heterocycles. The minimum atomic E-state index is -0.421. The van der Waals surface area contributed by atoms with Crippen LogP contribution in [0.3, 0.4) is 0 Å². The lowest BCUT2D eigenvalue weighted by Gasteiger charge is -2.17. The summed E-state index contributed by atoms with van der Waals surface area (Å²) in [5, 5.41) is 4.97. The summed E-state index contributed by atoms with van der Waals surface area (Å²) >= 11 is 0. The van der Waals surface area contributed by atoms with Crippen LogP contribution in [0.2, 0.25) is 0 Å². The third-order valence-electron chi connectivity index (χ3n) is 7.02. The number of hydrogen-bond donors (Lipinski definition) is 1. The Morgan fingerprint density at radius 1 is 0.633 bits per heavy atom. The molecule has 0 fully saturated rings. The zero-order valence-electron chi connectivity index (χ0n) is 29.1. The van der Waals surface area contributed by atoms with Gasteiger partial charge in [0.1, 0.15) is 0 Å². The second-order valence-corrected chi connectivity index (χ2v) is 12.0. The monoisotopic (exact) mass is 688 g/mol. The molecular weight excluding hydrogens is 636 g/mol. The number of fused-ring (bicyclic) bond motifs is 3. The van der Waals surface area contributed by atoms with Gasteiger partial charge in [0.2, 0.25) is 5.91 Å². The maximum absolute atomic E-state index is 12.3. The molecule has 13 nitrogen and oxygen atoms in total. The van der Waals surface area contributed by atoms with Gasteiger partial charge in [-0.25, -0.2) is 0 Å². The van der Waals surface area contributed by atoms with Crippen LogP contribution in [-0.2, 0) is 59.1 Å². The predicted molar refractivity (Wildman–Crippen MR) is 182 cm³/mol. The molecule has 13 heteroatoms. The van der Waals surface area contributed by atoms with Gasteiger partial charge < -0.3 is 43.0 Å². The van der Waals surface area contributed by atoms with E-state index in [1.165, 1.54) is 0 Å². The highest BCUT2D eigenvalue weighted by Crippen LogP contribution is 2.28. The predicted octanol–water partition coefficient (Wildman–Crippen LogP) is 4.14. The second kappa shape index (κ2) is 25.3. The maximum Gasteiger partial charge on any atom is 0.373 e. The van der Waals surface area contributed by atoms with Crippen molar-refractivity contribution in [1.82, 2.24) is 9.88 Å². The van der Waals surface area contributed by atoms with E-state index in [4.69, 9.17) is 42.7 Å². The molecule has 272 valence electrons. The molecule has 2 aromatic carbocycles. The Morgan fingerprint density at radius 2 is 1.04 bits per heavy atom. The molecular formula is C36H52N2O11. The number of nitrogens with one attached hydrogen (secondary N) is 1. The third kappa shape index (κ3) is 18.6. The van der Waals surface area contributed by atoms with Crippen LogP contribution in [0, 0.1) is 5.41 Å². The Morgan fingerprint density at radius 3 is 1.49 bits per heavy atom. The smallest absolute Gasteiger partial charge is 0.373 e. The van der Waals surface area contributed by atoms with Crippen molar-refractivity contribution in [3.8, 4) is 0 Å². The van der Waals surface area contributed by atoms with E-state index in [-0.39, 0.29) is 31.6 Å². The first kappa shape index (κ1) is 41.5. The summed E-state index contributed by atoms with van der Waals surface area (Å²) in [7, 11) is 0. The lowest BCUT2D eigenvalue weighted by Crippen LogP contribution is -2.28. The standard InChI is InChI=1S/C35H52N2O9.CO2/c1-35(2,3)14-16-40-18-20-42-22-24-44-26-27-45-25-23-43-21-19-41-17-15-36-33(38)12-13-34(39)46-28-37-31-10-6-4-8-29(31)30-9-5-7-11-32(30)37;2-1-3/h4-11H,12-28H2,1-3H3,(H,36,38);. The Kier molecular flexibility index (Phi) is 21.4. The van der Waals surface area contributed by atoms with Gasteiger partial charge in [0, 0.05) is 30.3 Å².